The average Bonchev–Trinajstić information content (AvgIpc) is 3.10. The normalized spacial score (nSPS) is 21.9. The zero-order chi connectivity index (χ0) is 38.1. The predicted octanol–water partition coefficient (Wildman–Crippen LogP) is 9.95. The van der Waals surface area contributed by atoms with Gasteiger partial charge in [-0.2, -0.15) is 0 Å². The van der Waals surface area contributed by atoms with Crippen molar-refractivity contribution in [3.05, 3.63) is 61.3 Å². The van der Waals surface area contributed by atoms with Crippen LogP contribution in [0.1, 0.15) is 99.8 Å². The SMILES string of the molecule is C=CCOC(=O)NCC[C@](/C=C/[C@@H]1OC(=O)C=C[C@@H]1CC)(O[Si](CC)(CC)CC)[C@H](O)C[C@H](/C=C\C=C/C1CCCCC1)O[Si](C)(C)C(C)(C)C. The standard InChI is InChI=1S/C41H71NO7Si2/c1-11-31-46-39(45)42-30-29-41(49-51(13-3,14-4)15-5,28-27-36-34(12-2)25-26-38(44)47-36)37(43)32-35(48-50(9,10)40(6,7)8)24-20-19-23-33-21-17-16-18-22-33/h11,19-20,23-28,33-37,43H,1,12-18,21-22,29-32H2,2-10H3,(H,42,45)/b23-19-,24-20-,28-27+/t34-,35-,36-,37+,41-/m0/s1. The number of hydrogen-bond donors (Lipinski definition) is 2. The van der Waals surface area contributed by atoms with E-state index < -0.39 is 40.5 Å². The van der Waals surface area contributed by atoms with E-state index >= 15 is 0 Å². The highest BCUT2D eigenvalue weighted by Crippen LogP contribution is 2.40. The van der Waals surface area contributed by atoms with Gasteiger partial charge in [-0.3, -0.25) is 0 Å². The van der Waals surface area contributed by atoms with E-state index in [2.05, 4.69) is 97.8 Å². The Morgan fingerprint density at radius 2 is 1.75 bits per heavy atom. The molecule has 51 heavy (non-hydrogen) atoms. The van der Waals surface area contributed by atoms with E-state index in [0.717, 1.165) is 24.6 Å². The smallest absolute Gasteiger partial charge is 0.407 e. The second-order valence-electron chi connectivity index (χ2n) is 15.9. The van der Waals surface area contributed by atoms with E-state index in [1.54, 1.807) is 0 Å². The van der Waals surface area contributed by atoms with Gasteiger partial charge in [-0.05, 0) is 73.9 Å². The largest absolute Gasteiger partial charge is 0.454 e. The molecule has 2 rings (SSSR count). The average molecular weight is 746 g/mol. The van der Waals surface area contributed by atoms with Crippen LogP contribution in [-0.2, 0) is 23.1 Å². The number of cyclic esters (lactones) is 1. The second-order valence-corrected chi connectivity index (χ2v) is 25.3. The molecular weight excluding hydrogens is 675 g/mol. The first kappa shape index (κ1) is 44.9. The fraction of sp³-hybridized carbons (Fsp3) is 0.707. The maximum absolute atomic E-state index is 12.6. The second kappa shape index (κ2) is 21.5. The lowest BCUT2D eigenvalue weighted by Crippen LogP contribution is -2.55. The molecule has 5 atom stereocenters. The molecule has 1 amide bonds. The van der Waals surface area contributed by atoms with Gasteiger partial charge in [0.2, 0.25) is 0 Å². The fourth-order valence-electron chi connectivity index (χ4n) is 6.69. The summed E-state index contributed by atoms with van der Waals surface area (Å²) in [6.45, 7) is 23.6. The quantitative estimate of drug-likeness (QED) is 0.0522. The molecule has 0 radical (unpaired) electrons. The van der Waals surface area contributed by atoms with E-state index in [-0.39, 0.29) is 49.0 Å². The van der Waals surface area contributed by atoms with Crippen LogP contribution >= 0.6 is 0 Å². The highest BCUT2D eigenvalue weighted by atomic mass is 28.4. The maximum Gasteiger partial charge on any atom is 0.407 e. The molecule has 1 heterocycles. The summed E-state index contributed by atoms with van der Waals surface area (Å²) >= 11 is 0. The maximum atomic E-state index is 12.6. The number of amides is 1. The van der Waals surface area contributed by atoms with Crippen molar-refractivity contribution in [2.45, 2.75) is 160 Å². The van der Waals surface area contributed by atoms with Gasteiger partial charge in [0.25, 0.3) is 0 Å². The zero-order valence-electron chi connectivity index (χ0n) is 33.4. The van der Waals surface area contributed by atoms with Crippen LogP contribution in [-0.4, -0.2) is 70.9 Å². The van der Waals surface area contributed by atoms with Crippen molar-refractivity contribution in [1.82, 2.24) is 5.32 Å². The Hall–Kier alpha value is -2.25. The Labute approximate surface area is 312 Å². The molecule has 1 saturated carbocycles. The number of esters is 1. The summed E-state index contributed by atoms with van der Waals surface area (Å²) in [6, 6.07) is 2.60. The molecule has 0 saturated heterocycles. The Morgan fingerprint density at radius 1 is 1.08 bits per heavy atom. The van der Waals surface area contributed by atoms with Crippen LogP contribution in [0.2, 0.25) is 36.3 Å². The highest BCUT2D eigenvalue weighted by molar-refractivity contribution is 6.74. The third-order valence-electron chi connectivity index (χ3n) is 11.4. The number of carbonyl (C=O) groups excluding carboxylic acids is 2. The lowest BCUT2D eigenvalue weighted by Gasteiger charge is -2.45. The molecule has 0 aromatic carbocycles. The van der Waals surface area contributed by atoms with E-state index in [1.165, 1.54) is 44.3 Å². The van der Waals surface area contributed by atoms with Crippen LogP contribution < -0.4 is 5.32 Å². The van der Waals surface area contributed by atoms with E-state index in [0.29, 0.717) is 5.92 Å². The van der Waals surface area contributed by atoms with Crippen molar-refractivity contribution in [1.29, 1.82) is 0 Å². The summed E-state index contributed by atoms with van der Waals surface area (Å²) in [6.07, 6.45) is 22.6. The minimum absolute atomic E-state index is 0.000113. The van der Waals surface area contributed by atoms with Crippen molar-refractivity contribution in [2.75, 3.05) is 13.2 Å². The van der Waals surface area contributed by atoms with Crippen LogP contribution in [0, 0.1) is 11.8 Å². The summed E-state index contributed by atoms with van der Waals surface area (Å²) < 4.78 is 25.3. The summed E-state index contributed by atoms with van der Waals surface area (Å²) in [5, 5.41) is 15.4. The van der Waals surface area contributed by atoms with Gasteiger partial charge in [0.05, 0.1) is 12.2 Å². The third kappa shape index (κ3) is 14.3. The number of nitrogens with one attached hydrogen (secondary N) is 1. The number of hydrogen-bond acceptors (Lipinski definition) is 7. The summed E-state index contributed by atoms with van der Waals surface area (Å²) in [4.78, 5) is 24.9. The molecule has 8 nitrogen and oxygen atoms in total. The van der Waals surface area contributed by atoms with Gasteiger partial charge in [-0.15, -0.1) is 0 Å². The lowest BCUT2D eigenvalue weighted by molar-refractivity contribution is -0.143. The van der Waals surface area contributed by atoms with Gasteiger partial charge in [-0.1, -0.05) is 117 Å². The molecule has 10 heteroatoms. The monoisotopic (exact) mass is 745 g/mol. The molecular formula is C41H71NO7Si2. The predicted molar refractivity (Wildman–Crippen MR) is 215 cm³/mol. The number of aliphatic hydroxyl groups is 1. The molecule has 1 aliphatic carbocycles. The first-order valence-electron chi connectivity index (χ1n) is 19.6. The summed E-state index contributed by atoms with van der Waals surface area (Å²) in [7, 11) is -4.63. The molecule has 1 aliphatic heterocycles. The Bertz CT molecular complexity index is 1190. The molecule has 0 spiro atoms. The molecule has 2 aliphatic rings. The fourth-order valence-corrected chi connectivity index (χ4v) is 11.0. The van der Waals surface area contributed by atoms with E-state index in [4.69, 9.17) is 18.3 Å². The number of allylic oxidation sites excluding steroid dienone is 3. The Balaban J connectivity index is 2.63. The van der Waals surface area contributed by atoms with Crippen molar-refractivity contribution < 1.29 is 33.0 Å². The summed E-state index contributed by atoms with van der Waals surface area (Å²) in [5.74, 6) is 0.220. The van der Waals surface area contributed by atoms with Gasteiger partial charge >= 0.3 is 12.1 Å². The van der Waals surface area contributed by atoms with E-state index in [1.807, 2.05) is 18.2 Å². The molecule has 290 valence electrons. The van der Waals surface area contributed by atoms with Gasteiger partial charge in [0.15, 0.2) is 16.6 Å². The molecule has 0 aromatic heterocycles. The number of carbonyl (C=O) groups is 2. The van der Waals surface area contributed by atoms with E-state index in [9.17, 15) is 14.7 Å². The van der Waals surface area contributed by atoms with Crippen LogP contribution in [0.4, 0.5) is 4.79 Å². The van der Waals surface area contributed by atoms with Crippen LogP contribution in [0.15, 0.2) is 61.3 Å². The minimum atomic E-state index is -2.37. The lowest BCUT2D eigenvalue weighted by atomic mass is 9.86. The van der Waals surface area contributed by atoms with Crippen LogP contribution in [0.3, 0.4) is 0 Å². The van der Waals surface area contributed by atoms with Crippen molar-refractivity contribution in [3.63, 3.8) is 0 Å². The Kier molecular flexibility index (Phi) is 18.9. The first-order chi connectivity index (χ1) is 24.1. The van der Waals surface area contributed by atoms with Gasteiger partial charge in [0, 0.05) is 25.0 Å². The molecule has 1 fully saturated rings. The number of rotatable bonds is 21. The van der Waals surface area contributed by atoms with Crippen molar-refractivity contribution in [3.8, 4) is 0 Å². The number of ether oxygens (including phenoxy) is 2. The van der Waals surface area contributed by atoms with Gasteiger partial charge < -0.3 is 28.7 Å². The first-order valence-corrected chi connectivity index (χ1v) is 25.0. The third-order valence-corrected chi connectivity index (χ3v) is 20.6. The highest BCUT2D eigenvalue weighted by Gasteiger charge is 2.46. The Morgan fingerprint density at radius 3 is 2.33 bits per heavy atom. The van der Waals surface area contributed by atoms with Crippen molar-refractivity contribution >= 4 is 28.7 Å². The topological polar surface area (TPSA) is 103 Å². The minimum Gasteiger partial charge on any atom is -0.454 e. The van der Waals surface area contributed by atoms with Crippen LogP contribution in [0.25, 0.3) is 0 Å². The molecule has 2 N–H and O–H groups in total. The number of alkyl carbamates (subject to hydrolysis) is 1. The van der Waals surface area contributed by atoms with Crippen molar-refractivity contribution in [2.24, 2.45) is 11.8 Å². The molecule has 0 bridgehead atoms. The molecule has 0 unspecified atom stereocenters. The zero-order valence-corrected chi connectivity index (χ0v) is 35.4. The van der Waals surface area contributed by atoms with Crippen LogP contribution in [0.5, 0.6) is 0 Å². The van der Waals surface area contributed by atoms with Gasteiger partial charge in [0.1, 0.15) is 18.3 Å². The summed E-state index contributed by atoms with van der Waals surface area (Å²) in [5.41, 5.74) is -1.20. The number of aliphatic hydroxyl groups excluding tert-OH is 1. The van der Waals surface area contributed by atoms with Gasteiger partial charge in [-0.25, -0.2) is 9.59 Å². The molecule has 0 aromatic rings.